The SMILES string of the molecule is CN(C)c1cccc(NC(=O)c2ccc(-c3cccnc3)cc2)c1. The first-order valence-electron chi connectivity index (χ1n) is 7.73. The normalized spacial score (nSPS) is 10.2. The van der Waals surface area contributed by atoms with Gasteiger partial charge in [0, 0.05) is 43.4 Å². The Balaban J connectivity index is 1.75. The van der Waals surface area contributed by atoms with Gasteiger partial charge in [0.25, 0.3) is 5.91 Å². The van der Waals surface area contributed by atoms with Crippen LogP contribution in [-0.2, 0) is 0 Å². The monoisotopic (exact) mass is 317 g/mol. The summed E-state index contributed by atoms with van der Waals surface area (Å²) in [7, 11) is 3.94. The van der Waals surface area contributed by atoms with E-state index in [9.17, 15) is 4.79 Å². The molecule has 4 nitrogen and oxygen atoms in total. The van der Waals surface area contributed by atoms with E-state index in [1.807, 2.05) is 85.9 Å². The standard InChI is InChI=1S/C20H19N3O/c1-23(2)19-7-3-6-18(13-19)22-20(24)16-10-8-15(9-11-16)17-5-4-12-21-14-17/h3-14H,1-2H3,(H,22,24). The molecule has 1 N–H and O–H groups in total. The zero-order valence-corrected chi connectivity index (χ0v) is 13.7. The molecular weight excluding hydrogens is 298 g/mol. The lowest BCUT2D eigenvalue weighted by Crippen LogP contribution is -2.13. The molecule has 0 aliphatic rings. The van der Waals surface area contributed by atoms with Crippen molar-refractivity contribution >= 4 is 17.3 Å². The van der Waals surface area contributed by atoms with E-state index < -0.39 is 0 Å². The molecule has 2 aromatic carbocycles. The highest BCUT2D eigenvalue weighted by Crippen LogP contribution is 2.20. The van der Waals surface area contributed by atoms with Crippen LogP contribution < -0.4 is 10.2 Å². The fourth-order valence-electron chi connectivity index (χ4n) is 2.41. The number of carbonyl (C=O) groups is 1. The van der Waals surface area contributed by atoms with Crippen molar-refractivity contribution < 1.29 is 4.79 Å². The molecule has 0 fully saturated rings. The summed E-state index contributed by atoms with van der Waals surface area (Å²) in [6.45, 7) is 0. The maximum absolute atomic E-state index is 12.4. The number of pyridine rings is 1. The third kappa shape index (κ3) is 3.60. The van der Waals surface area contributed by atoms with Crippen LogP contribution in [0.2, 0.25) is 0 Å². The lowest BCUT2D eigenvalue weighted by molar-refractivity contribution is 0.102. The van der Waals surface area contributed by atoms with E-state index in [4.69, 9.17) is 0 Å². The number of hydrogen-bond acceptors (Lipinski definition) is 3. The Bertz CT molecular complexity index is 827. The lowest BCUT2D eigenvalue weighted by atomic mass is 10.1. The van der Waals surface area contributed by atoms with E-state index in [-0.39, 0.29) is 5.91 Å². The fourth-order valence-corrected chi connectivity index (χ4v) is 2.41. The van der Waals surface area contributed by atoms with Crippen LogP contribution >= 0.6 is 0 Å². The van der Waals surface area contributed by atoms with Crippen molar-refractivity contribution in [1.29, 1.82) is 0 Å². The first-order chi connectivity index (χ1) is 11.6. The van der Waals surface area contributed by atoms with Crippen molar-refractivity contribution in [1.82, 2.24) is 4.98 Å². The molecule has 0 saturated carbocycles. The van der Waals surface area contributed by atoms with Crippen molar-refractivity contribution in [2.24, 2.45) is 0 Å². The van der Waals surface area contributed by atoms with Crippen LogP contribution in [0, 0.1) is 0 Å². The van der Waals surface area contributed by atoms with Gasteiger partial charge >= 0.3 is 0 Å². The number of carbonyl (C=O) groups excluding carboxylic acids is 1. The van der Waals surface area contributed by atoms with Gasteiger partial charge in [0.2, 0.25) is 0 Å². The van der Waals surface area contributed by atoms with Gasteiger partial charge in [-0.25, -0.2) is 0 Å². The van der Waals surface area contributed by atoms with Gasteiger partial charge in [0.15, 0.2) is 0 Å². The summed E-state index contributed by atoms with van der Waals surface area (Å²) in [6.07, 6.45) is 3.55. The van der Waals surface area contributed by atoms with Crippen LogP contribution in [0.5, 0.6) is 0 Å². The predicted octanol–water partition coefficient (Wildman–Crippen LogP) is 4.07. The second-order valence-corrected chi connectivity index (χ2v) is 5.72. The fraction of sp³-hybridized carbons (Fsp3) is 0.100. The van der Waals surface area contributed by atoms with Gasteiger partial charge in [0.05, 0.1) is 0 Å². The van der Waals surface area contributed by atoms with Gasteiger partial charge in [-0.05, 0) is 47.5 Å². The minimum Gasteiger partial charge on any atom is -0.378 e. The number of aromatic nitrogens is 1. The predicted molar refractivity (Wildman–Crippen MR) is 98.4 cm³/mol. The maximum Gasteiger partial charge on any atom is 0.255 e. The number of nitrogens with one attached hydrogen (secondary N) is 1. The molecule has 0 radical (unpaired) electrons. The second-order valence-electron chi connectivity index (χ2n) is 5.72. The first kappa shape index (κ1) is 15.7. The van der Waals surface area contributed by atoms with Crippen molar-refractivity contribution in [3.05, 3.63) is 78.6 Å². The summed E-state index contributed by atoms with van der Waals surface area (Å²) >= 11 is 0. The van der Waals surface area contributed by atoms with E-state index in [0.29, 0.717) is 5.56 Å². The van der Waals surface area contributed by atoms with Crippen molar-refractivity contribution in [3.8, 4) is 11.1 Å². The van der Waals surface area contributed by atoms with E-state index in [0.717, 1.165) is 22.5 Å². The molecule has 4 heteroatoms. The Hall–Kier alpha value is -3.14. The van der Waals surface area contributed by atoms with Crippen molar-refractivity contribution in [2.45, 2.75) is 0 Å². The average Bonchev–Trinajstić information content (AvgIpc) is 2.63. The van der Waals surface area contributed by atoms with Crippen LogP contribution in [0.3, 0.4) is 0 Å². The Labute approximate surface area is 141 Å². The number of hydrogen-bond donors (Lipinski definition) is 1. The average molecular weight is 317 g/mol. The molecule has 24 heavy (non-hydrogen) atoms. The molecule has 0 aliphatic heterocycles. The summed E-state index contributed by atoms with van der Waals surface area (Å²) in [5, 5.41) is 2.93. The van der Waals surface area contributed by atoms with Crippen LogP contribution in [0.4, 0.5) is 11.4 Å². The summed E-state index contributed by atoms with van der Waals surface area (Å²) < 4.78 is 0. The third-order valence-corrected chi connectivity index (χ3v) is 3.76. The van der Waals surface area contributed by atoms with Gasteiger partial charge < -0.3 is 10.2 Å². The molecule has 0 spiro atoms. The van der Waals surface area contributed by atoms with E-state index >= 15 is 0 Å². The molecular formula is C20H19N3O. The van der Waals surface area contributed by atoms with Crippen LogP contribution in [0.1, 0.15) is 10.4 Å². The van der Waals surface area contributed by atoms with Crippen LogP contribution in [-0.4, -0.2) is 25.0 Å². The summed E-state index contributed by atoms with van der Waals surface area (Å²) in [5.74, 6) is -0.122. The van der Waals surface area contributed by atoms with Gasteiger partial charge in [-0.2, -0.15) is 0 Å². The molecule has 3 rings (SSSR count). The second kappa shape index (κ2) is 6.96. The van der Waals surface area contributed by atoms with Crippen LogP contribution in [0.15, 0.2) is 73.1 Å². The van der Waals surface area contributed by atoms with Gasteiger partial charge in [0.1, 0.15) is 0 Å². The van der Waals surface area contributed by atoms with Crippen molar-refractivity contribution in [2.75, 3.05) is 24.3 Å². The van der Waals surface area contributed by atoms with Crippen LogP contribution in [0.25, 0.3) is 11.1 Å². The molecule has 120 valence electrons. The van der Waals surface area contributed by atoms with Gasteiger partial charge in [-0.1, -0.05) is 24.3 Å². The topological polar surface area (TPSA) is 45.2 Å². The lowest BCUT2D eigenvalue weighted by Gasteiger charge is -2.14. The van der Waals surface area contributed by atoms with Gasteiger partial charge in [-0.3, -0.25) is 9.78 Å². The number of anilines is 2. The zero-order chi connectivity index (χ0) is 16.9. The molecule has 0 aliphatic carbocycles. The van der Waals surface area contributed by atoms with E-state index in [1.165, 1.54) is 0 Å². The largest absolute Gasteiger partial charge is 0.378 e. The minimum absolute atomic E-state index is 0.122. The summed E-state index contributed by atoms with van der Waals surface area (Å²) in [4.78, 5) is 18.5. The molecule has 1 heterocycles. The smallest absolute Gasteiger partial charge is 0.255 e. The highest BCUT2D eigenvalue weighted by Gasteiger charge is 2.07. The van der Waals surface area contributed by atoms with Crippen molar-refractivity contribution in [3.63, 3.8) is 0 Å². The molecule has 0 unspecified atom stereocenters. The Morgan fingerprint density at radius 3 is 2.42 bits per heavy atom. The summed E-state index contributed by atoms with van der Waals surface area (Å²) in [5.41, 5.74) is 4.51. The highest BCUT2D eigenvalue weighted by molar-refractivity contribution is 6.04. The van der Waals surface area contributed by atoms with E-state index in [2.05, 4.69) is 10.3 Å². The minimum atomic E-state index is -0.122. The first-order valence-corrected chi connectivity index (χ1v) is 7.73. The zero-order valence-electron chi connectivity index (χ0n) is 13.7. The Kier molecular flexibility index (Phi) is 4.57. The molecule has 1 aromatic heterocycles. The molecule has 0 atom stereocenters. The third-order valence-electron chi connectivity index (χ3n) is 3.76. The number of amides is 1. The Morgan fingerprint density at radius 1 is 0.958 bits per heavy atom. The molecule has 0 saturated heterocycles. The molecule has 1 amide bonds. The highest BCUT2D eigenvalue weighted by atomic mass is 16.1. The number of nitrogens with zero attached hydrogens (tertiary/aromatic N) is 2. The molecule has 3 aromatic rings. The van der Waals surface area contributed by atoms with Gasteiger partial charge in [-0.15, -0.1) is 0 Å². The molecule has 0 bridgehead atoms. The van der Waals surface area contributed by atoms with E-state index in [1.54, 1.807) is 6.20 Å². The number of rotatable bonds is 4. The Morgan fingerprint density at radius 2 is 1.75 bits per heavy atom. The number of benzene rings is 2. The maximum atomic E-state index is 12.4. The summed E-state index contributed by atoms with van der Waals surface area (Å²) in [6, 6.07) is 19.2. The quantitative estimate of drug-likeness (QED) is 0.789.